The highest BCUT2D eigenvalue weighted by atomic mass is 35.5. The summed E-state index contributed by atoms with van der Waals surface area (Å²) in [5.41, 5.74) is 2.97. The molecule has 156 valence electrons. The molecule has 1 fully saturated rings. The van der Waals surface area contributed by atoms with Crippen LogP contribution in [0.3, 0.4) is 0 Å². The van der Waals surface area contributed by atoms with Gasteiger partial charge in [-0.3, -0.25) is 4.79 Å². The fraction of sp³-hybridized carbons (Fsp3) is 0.182. The summed E-state index contributed by atoms with van der Waals surface area (Å²) >= 11 is 6.77. The molecular weight excluding hydrogens is 424 g/mol. The Bertz CT molecular complexity index is 1270. The van der Waals surface area contributed by atoms with Gasteiger partial charge in [-0.25, -0.2) is 13.5 Å². The number of halogens is 3. The SMILES string of the molecule is O=C(Cn1nc(-c2ccccc2)c2c(Cl)c(-c3ccccc3)nnc21)N1CC(F)(F)C1. The number of aromatic nitrogens is 4. The number of benzene rings is 2. The highest BCUT2D eigenvalue weighted by molar-refractivity contribution is 6.38. The van der Waals surface area contributed by atoms with Crippen molar-refractivity contribution in [2.75, 3.05) is 13.1 Å². The Morgan fingerprint density at radius 3 is 2.10 bits per heavy atom. The predicted octanol–water partition coefficient (Wildman–Crippen LogP) is 4.29. The molecule has 0 atom stereocenters. The Balaban J connectivity index is 1.62. The molecule has 0 N–H and O–H groups in total. The van der Waals surface area contributed by atoms with E-state index >= 15 is 0 Å². The second kappa shape index (κ2) is 7.39. The molecule has 2 aromatic heterocycles. The first kappa shape index (κ1) is 19.6. The second-order valence-corrected chi connectivity index (χ2v) is 7.78. The van der Waals surface area contributed by atoms with E-state index in [0.29, 0.717) is 27.4 Å². The Labute approximate surface area is 181 Å². The fourth-order valence-corrected chi connectivity index (χ4v) is 3.94. The zero-order valence-electron chi connectivity index (χ0n) is 16.2. The molecule has 3 heterocycles. The summed E-state index contributed by atoms with van der Waals surface area (Å²) in [6, 6.07) is 18.8. The van der Waals surface area contributed by atoms with Gasteiger partial charge < -0.3 is 4.90 Å². The minimum Gasteiger partial charge on any atom is -0.329 e. The van der Waals surface area contributed by atoms with E-state index in [4.69, 9.17) is 11.6 Å². The topological polar surface area (TPSA) is 63.9 Å². The lowest BCUT2D eigenvalue weighted by Crippen LogP contribution is -2.59. The number of rotatable bonds is 4. The van der Waals surface area contributed by atoms with Gasteiger partial charge in [0, 0.05) is 11.1 Å². The number of nitrogens with zero attached hydrogens (tertiary/aromatic N) is 5. The van der Waals surface area contributed by atoms with E-state index in [2.05, 4.69) is 15.3 Å². The maximum atomic E-state index is 13.2. The monoisotopic (exact) mass is 439 g/mol. The number of fused-ring (bicyclic) bond motifs is 1. The van der Waals surface area contributed by atoms with Crippen LogP contribution in [0.2, 0.25) is 5.02 Å². The average molecular weight is 440 g/mol. The summed E-state index contributed by atoms with van der Waals surface area (Å²) in [7, 11) is 0. The number of alkyl halides is 2. The van der Waals surface area contributed by atoms with Crippen LogP contribution in [0.5, 0.6) is 0 Å². The Morgan fingerprint density at radius 1 is 0.935 bits per heavy atom. The lowest BCUT2D eigenvalue weighted by molar-refractivity contribution is -0.166. The van der Waals surface area contributed by atoms with Crippen LogP contribution in [0, 0.1) is 0 Å². The van der Waals surface area contributed by atoms with Gasteiger partial charge in [0.2, 0.25) is 5.91 Å². The van der Waals surface area contributed by atoms with Crippen molar-refractivity contribution in [3.8, 4) is 22.5 Å². The molecular formula is C22H16ClF2N5O. The Morgan fingerprint density at radius 2 is 1.52 bits per heavy atom. The maximum absolute atomic E-state index is 13.2. The van der Waals surface area contributed by atoms with Crippen molar-refractivity contribution in [2.45, 2.75) is 12.5 Å². The largest absolute Gasteiger partial charge is 0.329 e. The molecule has 9 heteroatoms. The molecule has 5 rings (SSSR count). The molecule has 0 aliphatic carbocycles. The van der Waals surface area contributed by atoms with E-state index in [9.17, 15) is 13.6 Å². The normalized spacial score (nSPS) is 15.1. The first-order chi connectivity index (χ1) is 14.9. The average Bonchev–Trinajstić information content (AvgIpc) is 3.12. The lowest BCUT2D eigenvalue weighted by Gasteiger charge is -2.38. The van der Waals surface area contributed by atoms with Gasteiger partial charge in [0.25, 0.3) is 5.92 Å². The number of amides is 1. The van der Waals surface area contributed by atoms with Crippen LogP contribution in [0.1, 0.15) is 0 Å². The van der Waals surface area contributed by atoms with Gasteiger partial charge in [0.05, 0.1) is 23.5 Å². The van der Waals surface area contributed by atoms with Crippen molar-refractivity contribution >= 4 is 28.5 Å². The van der Waals surface area contributed by atoms with Crippen molar-refractivity contribution in [1.82, 2.24) is 24.9 Å². The van der Waals surface area contributed by atoms with Crippen molar-refractivity contribution in [3.63, 3.8) is 0 Å². The van der Waals surface area contributed by atoms with E-state index < -0.39 is 24.9 Å². The van der Waals surface area contributed by atoms with Gasteiger partial charge in [-0.15, -0.1) is 10.2 Å². The number of hydrogen-bond acceptors (Lipinski definition) is 4. The fourth-order valence-electron chi connectivity index (χ4n) is 3.62. The van der Waals surface area contributed by atoms with E-state index in [1.807, 2.05) is 60.7 Å². The molecule has 4 aromatic rings. The smallest absolute Gasteiger partial charge is 0.282 e. The highest BCUT2D eigenvalue weighted by Gasteiger charge is 2.46. The molecule has 6 nitrogen and oxygen atoms in total. The van der Waals surface area contributed by atoms with Crippen LogP contribution in [0.4, 0.5) is 8.78 Å². The van der Waals surface area contributed by atoms with Gasteiger partial charge >= 0.3 is 0 Å². The van der Waals surface area contributed by atoms with Crippen LogP contribution >= 0.6 is 11.6 Å². The quantitative estimate of drug-likeness (QED) is 0.476. The van der Waals surface area contributed by atoms with Gasteiger partial charge in [-0.2, -0.15) is 5.10 Å². The Hall–Kier alpha value is -3.39. The summed E-state index contributed by atoms with van der Waals surface area (Å²) < 4.78 is 27.7. The molecule has 0 spiro atoms. The number of hydrogen-bond donors (Lipinski definition) is 0. The van der Waals surface area contributed by atoms with Crippen molar-refractivity contribution in [1.29, 1.82) is 0 Å². The minimum absolute atomic E-state index is 0.227. The van der Waals surface area contributed by atoms with E-state index in [0.717, 1.165) is 16.0 Å². The maximum Gasteiger partial charge on any atom is 0.282 e. The van der Waals surface area contributed by atoms with Crippen molar-refractivity contribution in [3.05, 3.63) is 65.7 Å². The van der Waals surface area contributed by atoms with E-state index in [-0.39, 0.29) is 6.54 Å². The van der Waals surface area contributed by atoms with Crippen LogP contribution in [0.25, 0.3) is 33.5 Å². The molecule has 0 unspecified atom stereocenters. The van der Waals surface area contributed by atoms with Crippen LogP contribution in [-0.2, 0) is 11.3 Å². The first-order valence-electron chi connectivity index (χ1n) is 9.62. The zero-order valence-corrected chi connectivity index (χ0v) is 16.9. The summed E-state index contributed by atoms with van der Waals surface area (Å²) in [4.78, 5) is 13.6. The lowest BCUT2D eigenvalue weighted by atomic mass is 10.1. The molecule has 1 aliphatic heterocycles. The van der Waals surface area contributed by atoms with Gasteiger partial charge in [-0.05, 0) is 0 Å². The van der Waals surface area contributed by atoms with Gasteiger partial charge in [0.15, 0.2) is 5.65 Å². The van der Waals surface area contributed by atoms with Crippen LogP contribution in [-0.4, -0.2) is 49.8 Å². The number of likely N-dealkylation sites (tertiary alicyclic amines) is 1. The molecule has 1 amide bonds. The first-order valence-corrected chi connectivity index (χ1v) is 10.00. The molecule has 1 saturated heterocycles. The van der Waals surface area contributed by atoms with Crippen LogP contribution in [0.15, 0.2) is 60.7 Å². The highest BCUT2D eigenvalue weighted by Crippen LogP contribution is 2.37. The third-order valence-corrected chi connectivity index (χ3v) is 5.54. The van der Waals surface area contributed by atoms with Crippen LogP contribution < -0.4 is 0 Å². The predicted molar refractivity (Wildman–Crippen MR) is 113 cm³/mol. The van der Waals surface area contributed by atoms with E-state index in [1.165, 1.54) is 4.68 Å². The van der Waals surface area contributed by atoms with E-state index in [1.54, 1.807) is 0 Å². The summed E-state index contributed by atoms with van der Waals surface area (Å²) in [5.74, 6) is -3.29. The van der Waals surface area contributed by atoms with Crippen molar-refractivity contribution < 1.29 is 13.6 Å². The van der Waals surface area contributed by atoms with Crippen molar-refractivity contribution in [2.24, 2.45) is 0 Å². The summed E-state index contributed by atoms with van der Waals surface area (Å²) in [6.07, 6.45) is 0. The summed E-state index contributed by atoms with van der Waals surface area (Å²) in [5, 5.41) is 14.1. The standard InChI is InChI=1S/C22H16ClF2N5O/c23-18-17-19(14-7-3-1-4-8-14)28-30(11-16(31)29-12-22(24,25)13-29)21(17)27-26-20(18)15-9-5-2-6-10-15/h1-10H,11-13H2. The number of carbonyl (C=O) groups excluding carboxylic acids is 1. The third kappa shape index (κ3) is 3.53. The molecule has 2 aromatic carbocycles. The third-order valence-electron chi connectivity index (χ3n) is 5.17. The Kier molecular flexibility index (Phi) is 4.66. The van der Waals surface area contributed by atoms with Gasteiger partial charge in [-0.1, -0.05) is 72.3 Å². The molecule has 0 saturated carbocycles. The summed E-state index contributed by atoms with van der Waals surface area (Å²) in [6.45, 7) is -1.39. The second-order valence-electron chi connectivity index (χ2n) is 7.41. The molecule has 0 bridgehead atoms. The minimum atomic E-state index is -2.83. The van der Waals surface area contributed by atoms with Gasteiger partial charge in [0.1, 0.15) is 17.9 Å². The molecule has 0 radical (unpaired) electrons. The molecule has 1 aliphatic rings. The molecule has 31 heavy (non-hydrogen) atoms. The number of carbonyl (C=O) groups is 1. The zero-order chi connectivity index (χ0) is 21.6.